The highest BCUT2D eigenvalue weighted by Crippen LogP contribution is 2.32. The van der Waals surface area contributed by atoms with Gasteiger partial charge < -0.3 is 14.4 Å². The molecule has 1 aliphatic heterocycles. The van der Waals surface area contributed by atoms with Crippen molar-refractivity contribution in [3.05, 3.63) is 34.9 Å². The molecule has 2 rings (SSSR count). The Morgan fingerprint density at radius 3 is 2.70 bits per heavy atom. The first-order valence-electron chi connectivity index (χ1n) is 6.36. The van der Waals surface area contributed by atoms with Crippen LogP contribution in [0, 0.1) is 5.92 Å². The highest BCUT2D eigenvalue weighted by atomic mass is 35.5. The molecule has 0 aliphatic carbocycles. The molecule has 108 valence electrons. The lowest BCUT2D eigenvalue weighted by atomic mass is 9.94. The summed E-state index contributed by atoms with van der Waals surface area (Å²) < 4.78 is 10.4. The number of ether oxygens (including phenoxy) is 2. The lowest BCUT2D eigenvalue weighted by molar-refractivity contribution is -0.155. The summed E-state index contributed by atoms with van der Waals surface area (Å²) in [6, 6.07) is 6.90. The molecule has 0 unspecified atom stereocenters. The molecule has 1 aliphatic rings. The van der Waals surface area contributed by atoms with Crippen molar-refractivity contribution in [2.24, 2.45) is 5.92 Å². The number of nitrogens with zero attached hydrogens (tertiary/aromatic N) is 1. The molecular weight excluding hydrogens is 282 g/mol. The third kappa shape index (κ3) is 3.04. The summed E-state index contributed by atoms with van der Waals surface area (Å²) >= 11 is 5.84. The van der Waals surface area contributed by atoms with Crippen molar-refractivity contribution in [1.82, 2.24) is 4.90 Å². The average Bonchev–Trinajstić information content (AvgIpc) is 2.42. The number of rotatable bonds is 3. The van der Waals surface area contributed by atoms with Crippen molar-refractivity contribution in [3.8, 4) is 0 Å². The number of carbonyl (C=O) groups is 2. The second kappa shape index (κ2) is 6.13. The van der Waals surface area contributed by atoms with E-state index >= 15 is 0 Å². The fraction of sp³-hybridized carbons (Fsp3) is 0.429. The van der Waals surface area contributed by atoms with E-state index in [1.807, 2.05) is 0 Å². The van der Waals surface area contributed by atoms with Crippen LogP contribution in [0.5, 0.6) is 0 Å². The minimum Gasteiger partial charge on any atom is -0.466 e. The molecule has 0 aromatic heterocycles. The third-order valence-corrected chi connectivity index (χ3v) is 3.42. The number of esters is 1. The van der Waals surface area contributed by atoms with Gasteiger partial charge in [-0.25, -0.2) is 4.79 Å². The zero-order valence-electron chi connectivity index (χ0n) is 11.3. The molecule has 2 atom stereocenters. The van der Waals surface area contributed by atoms with E-state index in [9.17, 15) is 9.59 Å². The second-order valence-corrected chi connectivity index (χ2v) is 5.03. The maximum Gasteiger partial charge on any atom is 0.410 e. The van der Waals surface area contributed by atoms with Crippen molar-refractivity contribution in [1.29, 1.82) is 0 Å². The molecule has 1 amide bonds. The first-order valence-corrected chi connectivity index (χ1v) is 6.74. The lowest BCUT2D eigenvalue weighted by Gasteiger charge is -2.35. The van der Waals surface area contributed by atoms with Gasteiger partial charge in [0.15, 0.2) is 0 Å². The van der Waals surface area contributed by atoms with E-state index in [0.29, 0.717) is 11.6 Å². The molecule has 1 fully saturated rings. The molecule has 0 bridgehead atoms. The van der Waals surface area contributed by atoms with Crippen LogP contribution >= 0.6 is 11.6 Å². The van der Waals surface area contributed by atoms with Gasteiger partial charge in [-0.15, -0.1) is 0 Å². The first-order chi connectivity index (χ1) is 9.52. The zero-order valence-corrected chi connectivity index (χ0v) is 12.1. The highest BCUT2D eigenvalue weighted by Gasteiger charge is 2.40. The Bertz CT molecular complexity index is 502. The molecule has 0 N–H and O–H groups in total. The zero-order chi connectivity index (χ0) is 14.7. The molecule has 1 heterocycles. The topological polar surface area (TPSA) is 55.8 Å². The fourth-order valence-corrected chi connectivity index (χ4v) is 2.27. The number of halogens is 1. The van der Waals surface area contributed by atoms with Crippen LogP contribution in [0.25, 0.3) is 0 Å². The van der Waals surface area contributed by atoms with E-state index in [4.69, 9.17) is 21.1 Å². The Labute approximate surface area is 122 Å². The molecule has 1 aromatic carbocycles. The van der Waals surface area contributed by atoms with Crippen LogP contribution in [0.15, 0.2) is 24.3 Å². The largest absolute Gasteiger partial charge is 0.466 e. The minimum absolute atomic E-state index is 0.269. The quantitative estimate of drug-likeness (QED) is 0.805. The molecule has 0 radical (unpaired) electrons. The summed E-state index contributed by atoms with van der Waals surface area (Å²) in [4.78, 5) is 25.1. The van der Waals surface area contributed by atoms with E-state index in [1.54, 1.807) is 38.2 Å². The normalized spacial score (nSPS) is 22.4. The average molecular weight is 298 g/mol. The Morgan fingerprint density at radius 2 is 2.10 bits per heavy atom. The first kappa shape index (κ1) is 14.7. The van der Waals surface area contributed by atoms with Gasteiger partial charge in [0.05, 0.1) is 6.61 Å². The van der Waals surface area contributed by atoms with E-state index < -0.39 is 18.1 Å². The molecule has 1 aromatic rings. The summed E-state index contributed by atoms with van der Waals surface area (Å²) in [6.45, 7) is 2.30. The number of hydrogen-bond acceptors (Lipinski definition) is 4. The van der Waals surface area contributed by atoms with Gasteiger partial charge in [0.25, 0.3) is 0 Å². The SMILES string of the molecule is CCOC(=O)[C@H]1CN(C)C(=O)O[C@@H]1c1ccc(Cl)cc1. The number of amides is 1. The van der Waals surface area contributed by atoms with Crippen molar-refractivity contribution in [2.45, 2.75) is 13.0 Å². The minimum atomic E-state index is -0.644. The van der Waals surface area contributed by atoms with Crippen LogP contribution in [0.3, 0.4) is 0 Å². The number of cyclic esters (lactones) is 1. The van der Waals surface area contributed by atoms with Gasteiger partial charge in [-0.3, -0.25) is 4.79 Å². The summed E-state index contributed by atoms with van der Waals surface area (Å²) in [5, 5.41) is 0.584. The van der Waals surface area contributed by atoms with Gasteiger partial charge in [0, 0.05) is 18.6 Å². The highest BCUT2D eigenvalue weighted by molar-refractivity contribution is 6.30. The van der Waals surface area contributed by atoms with Gasteiger partial charge in [0.2, 0.25) is 0 Å². The molecule has 0 spiro atoms. The molecular formula is C14H16ClNO4. The molecule has 0 saturated carbocycles. The number of carbonyl (C=O) groups excluding carboxylic acids is 2. The maximum atomic E-state index is 12.0. The van der Waals surface area contributed by atoms with E-state index in [1.165, 1.54) is 4.90 Å². The maximum absolute atomic E-state index is 12.0. The van der Waals surface area contributed by atoms with E-state index in [-0.39, 0.29) is 12.5 Å². The van der Waals surface area contributed by atoms with Crippen molar-refractivity contribution >= 4 is 23.7 Å². The predicted octanol–water partition coefficient (Wildman–Crippen LogP) is 2.64. The lowest BCUT2D eigenvalue weighted by Crippen LogP contribution is -2.45. The monoisotopic (exact) mass is 297 g/mol. The Morgan fingerprint density at radius 1 is 1.45 bits per heavy atom. The summed E-state index contributed by atoms with van der Waals surface area (Å²) in [5.41, 5.74) is 0.730. The van der Waals surface area contributed by atoms with Crippen LogP contribution in [-0.4, -0.2) is 37.2 Å². The van der Waals surface area contributed by atoms with Crippen LogP contribution in [-0.2, 0) is 14.3 Å². The Balaban J connectivity index is 2.27. The van der Waals surface area contributed by atoms with E-state index in [2.05, 4.69) is 0 Å². The summed E-state index contributed by atoms with van der Waals surface area (Å²) in [5.74, 6) is -0.911. The Hall–Kier alpha value is -1.75. The van der Waals surface area contributed by atoms with Gasteiger partial charge >= 0.3 is 12.1 Å². The van der Waals surface area contributed by atoms with Gasteiger partial charge in [-0.2, -0.15) is 0 Å². The summed E-state index contributed by atoms with van der Waals surface area (Å²) in [6.07, 6.45) is -1.10. The second-order valence-electron chi connectivity index (χ2n) is 4.59. The molecule has 6 heteroatoms. The third-order valence-electron chi connectivity index (χ3n) is 3.16. The van der Waals surface area contributed by atoms with Crippen LogP contribution in [0.1, 0.15) is 18.6 Å². The molecule has 1 saturated heterocycles. The van der Waals surface area contributed by atoms with Crippen molar-refractivity contribution in [3.63, 3.8) is 0 Å². The van der Waals surface area contributed by atoms with Crippen molar-refractivity contribution < 1.29 is 19.1 Å². The number of benzene rings is 1. The predicted molar refractivity (Wildman–Crippen MR) is 73.4 cm³/mol. The van der Waals surface area contributed by atoms with Gasteiger partial charge in [-0.05, 0) is 24.6 Å². The van der Waals surface area contributed by atoms with Crippen LogP contribution in [0.4, 0.5) is 4.79 Å². The van der Waals surface area contributed by atoms with Gasteiger partial charge in [-0.1, -0.05) is 23.7 Å². The Kier molecular flexibility index (Phi) is 4.49. The van der Waals surface area contributed by atoms with E-state index in [0.717, 1.165) is 5.56 Å². The molecule has 5 nitrogen and oxygen atoms in total. The standard InChI is InChI=1S/C14H16ClNO4/c1-3-19-13(17)11-8-16(2)14(18)20-12(11)9-4-6-10(15)7-5-9/h4-7,11-12H,3,8H2,1-2H3/t11-,12+/m0/s1. The summed E-state index contributed by atoms with van der Waals surface area (Å²) in [7, 11) is 1.59. The smallest absolute Gasteiger partial charge is 0.410 e. The fourth-order valence-electron chi connectivity index (χ4n) is 2.15. The number of hydrogen-bond donors (Lipinski definition) is 0. The van der Waals surface area contributed by atoms with Crippen LogP contribution in [0.2, 0.25) is 5.02 Å². The molecule has 20 heavy (non-hydrogen) atoms. The van der Waals surface area contributed by atoms with Gasteiger partial charge in [0.1, 0.15) is 12.0 Å². The van der Waals surface area contributed by atoms with Crippen LogP contribution < -0.4 is 0 Å². The van der Waals surface area contributed by atoms with Crippen molar-refractivity contribution in [2.75, 3.05) is 20.2 Å².